The SMILES string of the molecule is CC(C)(C)OC(=O)Nc1ccc(NC(=O)c2ccccc2[N+](=O)[O-])cn1. The highest BCUT2D eigenvalue weighted by molar-refractivity contribution is 6.07. The van der Waals surface area contributed by atoms with Gasteiger partial charge < -0.3 is 10.1 Å². The van der Waals surface area contributed by atoms with Crippen LogP contribution < -0.4 is 10.6 Å². The number of rotatable bonds is 4. The molecule has 0 spiro atoms. The van der Waals surface area contributed by atoms with Crippen molar-refractivity contribution in [1.29, 1.82) is 0 Å². The van der Waals surface area contributed by atoms with E-state index >= 15 is 0 Å². The standard InChI is InChI=1S/C17H18N4O5/c1-17(2,3)26-16(23)20-14-9-8-11(10-18-14)19-15(22)12-6-4-5-7-13(12)21(24)25/h4-10H,1-3H3,(H,19,22)(H,18,20,23). The van der Waals surface area contributed by atoms with Crippen LogP contribution in [0.3, 0.4) is 0 Å². The Bertz CT molecular complexity index is 828. The number of benzene rings is 1. The Morgan fingerprint density at radius 2 is 1.81 bits per heavy atom. The van der Waals surface area contributed by atoms with E-state index in [2.05, 4.69) is 15.6 Å². The van der Waals surface area contributed by atoms with Crippen molar-refractivity contribution in [3.05, 3.63) is 58.3 Å². The monoisotopic (exact) mass is 358 g/mol. The minimum absolute atomic E-state index is 0.0616. The van der Waals surface area contributed by atoms with Crippen molar-refractivity contribution in [1.82, 2.24) is 4.98 Å². The van der Waals surface area contributed by atoms with E-state index in [-0.39, 0.29) is 17.1 Å². The van der Waals surface area contributed by atoms with Gasteiger partial charge in [-0.2, -0.15) is 0 Å². The minimum atomic E-state index is -0.651. The van der Waals surface area contributed by atoms with Gasteiger partial charge in [0, 0.05) is 6.07 Å². The second-order valence-corrected chi connectivity index (χ2v) is 6.29. The largest absolute Gasteiger partial charge is 0.444 e. The number of carbonyl (C=O) groups excluding carboxylic acids is 2. The zero-order valence-corrected chi connectivity index (χ0v) is 14.5. The van der Waals surface area contributed by atoms with E-state index in [9.17, 15) is 19.7 Å². The number of nitrogens with zero attached hydrogens (tertiary/aromatic N) is 2. The maximum atomic E-state index is 12.2. The molecule has 0 saturated heterocycles. The first-order valence-electron chi connectivity index (χ1n) is 7.66. The van der Waals surface area contributed by atoms with Crippen LogP contribution in [0, 0.1) is 10.1 Å². The van der Waals surface area contributed by atoms with Crippen LogP contribution >= 0.6 is 0 Å². The topological polar surface area (TPSA) is 123 Å². The van der Waals surface area contributed by atoms with Crippen LogP contribution in [0.1, 0.15) is 31.1 Å². The number of anilines is 2. The molecule has 0 aliphatic carbocycles. The number of nitro groups is 1. The summed E-state index contributed by atoms with van der Waals surface area (Å²) in [4.78, 5) is 38.3. The first-order valence-corrected chi connectivity index (χ1v) is 7.66. The molecule has 2 N–H and O–H groups in total. The average Bonchev–Trinajstić information content (AvgIpc) is 2.54. The van der Waals surface area contributed by atoms with E-state index in [4.69, 9.17) is 4.74 Å². The van der Waals surface area contributed by atoms with E-state index < -0.39 is 22.5 Å². The Morgan fingerprint density at radius 1 is 1.12 bits per heavy atom. The minimum Gasteiger partial charge on any atom is -0.444 e. The van der Waals surface area contributed by atoms with E-state index in [1.165, 1.54) is 42.6 Å². The second-order valence-electron chi connectivity index (χ2n) is 6.29. The number of nitrogens with one attached hydrogen (secondary N) is 2. The molecule has 0 atom stereocenters. The summed E-state index contributed by atoms with van der Waals surface area (Å²) in [7, 11) is 0. The van der Waals surface area contributed by atoms with Crippen molar-refractivity contribution in [2.45, 2.75) is 26.4 Å². The van der Waals surface area contributed by atoms with Crippen LogP contribution in [-0.4, -0.2) is 27.5 Å². The van der Waals surface area contributed by atoms with Crippen molar-refractivity contribution in [3.8, 4) is 0 Å². The van der Waals surface area contributed by atoms with Crippen LogP contribution in [0.4, 0.5) is 22.0 Å². The third kappa shape index (κ3) is 5.26. The molecule has 1 aromatic carbocycles. The molecule has 0 aliphatic rings. The Kier molecular flexibility index (Phi) is 5.51. The maximum Gasteiger partial charge on any atom is 0.413 e. The summed E-state index contributed by atoms with van der Waals surface area (Å²) in [6, 6.07) is 8.60. The summed E-state index contributed by atoms with van der Waals surface area (Å²) in [5.74, 6) is -0.394. The molecule has 26 heavy (non-hydrogen) atoms. The molecule has 1 heterocycles. The first kappa shape index (κ1) is 18.8. The summed E-state index contributed by atoms with van der Waals surface area (Å²) in [5, 5.41) is 16.0. The van der Waals surface area contributed by atoms with Gasteiger partial charge in [0.15, 0.2) is 0 Å². The molecule has 0 radical (unpaired) electrons. The number of carbonyl (C=O) groups is 2. The predicted octanol–water partition coefficient (Wildman–Crippen LogP) is 3.59. The van der Waals surface area contributed by atoms with Crippen LogP contribution in [-0.2, 0) is 4.74 Å². The molecular weight excluding hydrogens is 340 g/mol. The summed E-state index contributed by atoms with van der Waals surface area (Å²) in [6.07, 6.45) is 0.668. The van der Waals surface area contributed by atoms with Crippen LogP contribution in [0.15, 0.2) is 42.6 Å². The van der Waals surface area contributed by atoms with Gasteiger partial charge in [0.1, 0.15) is 17.0 Å². The highest BCUT2D eigenvalue weighted by atomic mass is 16.6. The first-order chi connectivity index (χ1) is 12.2. The number of nitro benzene ring substituents is 1. The lowest BCUT2D eigenvalue weighted by molar-refractivity contribution is -0.385. The number of ether oxygens (including phenoxy) is 1. The van der Waals surface area contributed by atoms with Gasteiger partial charge in [-0.15, -0.1) is 0 Å². The molecule has 0 aliphatic heterocycles. The van der Waals surface area contributed by atoms with Crippen LogP contribution in [0.25, 0.3) is 0 Å². The fraction of sp³-hybridized carbons (Fsp3) is 0.235. The van der Waals surface area contributed by atoms with Gasteiger partial charge in [-0.3, -0.25) is 20.2 Å². The van der Waals surface area contributed by atoms with Gasteiger partial charge >= 0.3 is 6.09 Å². The Balaban J connectivity index is 2.04. The molecule has 136 valence electrons. The Labute approximate surface area is 149 Å². The molecule has 0 bridgehead atoms. The van der Waals surface area contributed by atoms with Gasteiger partial charge in [0.05, 0.1) is 16.8 Å². The zero-order valence-electron chi connectivity index (χ0n) is 14.5. The molecule has 2 rings (SSSR count). The number of aromatic nitrogens is 1. The molecule has 1 aromatic heterocycles. The van der Waals surface area contributed by atoms with Crippen LogP contribution in [0.5, 0.6) is 0 Å². The second kappa shape index (κ2) is 7.60. The Morgan fingerprint density at radius 3 is 2.38 bits per heavy atom. The van der Waals surface area contributed by atoms with Gasteiger partial charge in [0.25, 0.3) is 11.6 Å². The average molecular weight is 358 g/mol. The smallest absolute Gasteiger partial charge is 0.413 e. The number of hydrogen-bond acceptors (Lipinski definition) is 6. The third-order valence-electron chi connectivity index (χ3n) is 3.00. The fourth-order valence-corrected chi connectivity index (χ4v) is 1.97. The lowest BCUT2D eigenvalue weighted by Crippen LogP contribution is -2.27. The molecule has 2 aromatic rings. The quantitative estimate of drug-likeness (QED) is 0.636. The summed E-state index contributed by atoms with van der Waals surface area (Å²) >= 11 is 0. The lowest BCUT2D eigenvalue weighted by atomic mass is 10.1. The highest BCUT2D eigenvalue weighted by Gasteiger charge is 2.19. The number of para-hydroxylation sites is 1. The van der Waals surface area contributed by atoms with E-state index in [1.54, 1.807) is 20.8 Å². The van der Waals surface area contributed by atoms with Crippen molar-refractivity contribution in [3.63, 3.8) is 0 Å². The molecule has 9 nitrogen and oxygen atoms in total. The normalized spacial score (nSPS) is 10.7. The van der Waals surface area contributed by atoms with Crippen molar-refractivity contribution >= 4 is 29.2 Å². The summed E-state index contributed by atoms with van der Waals surface area (Å²) < 4.78 is 5.11. The van der Waals surface area contributed by atoms with Crippen LogP contribution in [0.2, 0.25) is 0 Å². The molecule has 9 heteroatoms. The number of amides is 2. The van der Waals surface area contributed by atoms with Gasteiger partial charge in [-0.05, 0) is 39.0 Å². The van der Waals surface area contributed by atoms with E-state index in [1.807, 2.05) is 0 Å². The molecule has 0 fully saturated rings. The third-order valence-corrected chi connectivity index (χ3v) is 3.00. The molecule has 0 saturated carbocycles. The predicted molar refractivity (Wildman–Crippen MR) is 95.1 cm³/mol. The maximum absolute atomic E-state index is 12.2. The molecular formula is C17H18N4O5. The fourth-order valence-electron chi connectivity index (χ4n) is 1.97. The van der Waals surface area contributed by atoms with Gasteiger partial charge in [-0.25, -0.2) is 9.78 Å². The molecule has 0 unspecified atom stereocenters. The van der Waals surface area contributed by atoms with Crippen molar-refractivity contribution < 1.29 is 19.2 Å². The van der Waals surface area contributed by atoms with Gasteiger partial charge in [-0.1, -0.05) is 12.1 Å². The highest BCUT2D eigenvalue weighted by Crippen LogP contribution is 2.19. The number of hydrogen-bond donors (Lipinski definition) is 2. The van der Waals surface area contributed by atoms with Crippen molar-refractivity contribution in [2.75, 3.05) is 10.6 Å². The van der Waals surface area contributed by atoms with E-state index in [0.29, 0.717) is 5.69 Å². The molecule has 2 amide bonds. The summed E-state index contributed by atoms with van der Waals surface area (Å²) in [6.45, 7) is 5.21. The number of pyridine rings is 1. The van der Waals surface area contributed by atoms with E-state index in [0.717, 1.165) is 0 Å². The lowest BCUT2D eigenvalue weighted by Gasteiger charge is -2.19. The van der Waals surface area contributed by atoms with Crippen molar-refractivity contribution in [2.24, 2.45) is 0 Å². The summed E-state index contributed by atoms with van der Waals surface area (Å²) in [5.41, 5.74) is -0.667. The Hall–Kier alpha value is -3.49. The van der Waals surface area contributed by atoms with Gasteiger partial charge in [0.2, 0.25) is 0 Å². The zero-order chi connectivity index (χ0) is 19.3.